The van der Waals surface area contributed by atoms with E-state index in [4.69, 9.17) is 0 Å². The third-order valence-corrected chi connectivity index (χ3v) is 2.52. The van der Waals surface area contributed by atoms with Crippen LogP contribution in [0, 0.1) is 5.92 Å². The van der Waals surface area contributed by atoms with E-state index in [1.54, 1.807) is 0 Å². The van der Waals surface area contributed by atoms with Crippen molar-refractivity contribution in [1.29, 1.82) is 0 Å². The fourth-order valence-corrected chi connectivity index (χ4v) is 1.56. The molecule has 0 spiro atoms. The van der Waals surface area contributed by atoms with Gasteiger partial charge in [-0.3, -0.25) is 4.79 Å². The van der Waals surface area contributed by atoms with Crippen LogP contribution in [0.1, 0.15) is 40.5 Å². The number of nitrogens with zero attached hydrogens (tertiary/aromatic N) is 1. The summed E-state index contributed by atoms with van der Waals surface area (Å²) in [6.07, 6.45) is 2.06. The fraction of sp³-hybridized carbons (Fsp3) is 0.917. The van der Waals surface area contributed by atoms with Gasteiger partial charge < -0.3 is 10.2 Å². The summed E-state index contributed by atoms with van der Waals surface area (Å²) in [6.45, 7) is 10.0. The van der Waals surface area contributed by atoms with Crippen molar-refractivity contribution in [1.82, 2.24) is 10.2 Å². The van der Waals surface area contributed by atoms with Crippen molar-refractivity contribution in [2.24, 2.45) is 5.92 Å². The highest BCUT2D eigenvalue weighted by atomic mass is 16.2. The lowest BCUT2D eigenvalue weighted by molar-refractivity contribution is -0.133. The molecule has 1 atom stereocenters. The summed E-state index contributed by atoms with van der Waals surface area (Å²) in [5.41, 5.74) is 0. The summed E-state index contributed by atoms with van der Waals surface area (Å²) < 4.78 is 0. The van der Waals surface area contributed by atoms with E-state index in [9.17, 15) is 4.79 Å². The molecule has 1 amide bonds. The van der Waals surface area contributed by atoms with Gasteiger partial charge in [0.25, 0.3) is 0 Å². The van der Waals surface area contributed by atoms with Gasteiger partial charge in [-0.15, -0.1) is 0 Å². The van der Waals surface area contributed by atoms with E-state index in [1.165, 1.54) is 0 Å². The lowest BCUT2D eigenvalue weighted by atomic mass is 10.1. The topological polar surface area (TPSA) is 32.3 Å². The van der Waals surface area contributed by atoms with E-state index in [0.29, 0.717) is 6.04 Å². The van der Waals surface area contributed by atoms with Crippen molar-refractivity contribution in [3.05, 3.63) is 0 Å². The first-order chi connectivity index (χ1) is 6.99. The maximum atomic E-state index is 11.8. The van der Waals surface area contributed by atoms with Crippen molar-refractivity contribution in [3.8, 4) is 0 Å². The SMILES string of the molecule is CCCC(C)C(=O)N(C)CCNC(C)C. The molecule has 0 heterocycles. The average molecular weight is 214 g/mol. The molecule has 0 saturated heterocycles. The van der Waals surface area contributed by atoms with Crippen molar-refractivity contribution >= 4 is 5.91 Å². The first-order valence-electron chi connectivity index (χ1n) is 5.97. The summed E-state index contributed by atoms with van der Waals surface area (Å²) in [5, 5.41) is 3.31. The number of rotatable bonds is 7. The number of carbonyl (C=O) groups excluding carboxylic acids is 1. The van der Waals surface area contributed by atoms with Crippen molar-refractivity contribution in [3.63, 3.8) is 0 Å². The van der Waals surface area contributed by atoms with Gasteiger partial charge in [0.1, 0.15) is 0 Å². The molecule has 0 fully saturated rings. The third kappa shape index (κ3) is 6.50. The highest BCUT2D eigenvalue weighted by molar-refractivity contribution is 5.78. The number of hydrogen-bond donors (Lipinski definition) is 1. The van der Waals surface area contributed by atoms with E-state index in [2.05, 4.69) is 26.1 Å². The molecule has 1 N–H and O–H groups in total. The fourth-order valence-electron chi connectivity index (χ4n) is 1.56. The first-order valence-corrected chi connectivity index (χ1v) is 5.97. The van der Waals surface area contributed by atoms with Crippen LogP contribution >= 0.6 is 0 Å². The van der Waals surface area contributed by atoms with E-state index in [-0.39, 0.29) is 11.8 Å². The summed E-state index contributed by atoms with van der Waals surface area (Å²) >= 11 is 0. The van der Waals surface area contributed by atoms with Crippen molar-refractivity contribution in [2.45, 2.75) is 46.6 Å². The number of nitrogens with one attached hydrogen (secondary N) is 1. The predicted octanol–water partition coefficient (Wildman–Crippen LogP) is 1.88. The Morgan fingerprint density at radius 3 is 2.40 bits per heavy atom. The van der Waals surface area contributed by atoms with Crippen molar-refractivity contribution in [2.75, 3.05) is 20.1 Å². The molecule has 0 saturated carbocycles. The van der Waals surface area contributed by atoms with E-state index >= 15 is 0 Å². The van der Waals surface area contributed by atoms with Crippen LogP contribution in [0.4, 0.5) is 0 Å². The van der Waals surface area contributed by atoms with Gasteiger partial charge in [0.15, 0.2) is 0 Å². The van der Waals surface area contributed by atoms with Crippen LogP contribution in [0.25, 0.3) is 0 Å². The normalized spacial score (nSPS) is 12.9. The van der Waals surface area contributed by atoms with E-state index in [0.717, 1.165) is 25.9 Å². The standard InChI is InChI=1S/C12H26N2O/c1-6-7-11(4)12(15)14(5)9-8-13-10(2)3/h10-11,13H,6-9H2,1-5H3. The van der Waals surface area contributed by atoms with Crippen LogP contribution < -0.4 is 5.32 Å². The second-order valence-electron chi connectivity index (χ2n) is 4.56. The second-order valence-corrected chi connectivity index (χ2v) is 4.56. The maximum Gasteiger partial charge on any atom is 0.225 e. The summed E-state index contributed by atoms with van der Waals surface area (Å²) in [6, 6.07) is 0.488. The number of hydrogen-bond acceptors (Lipinski definition) is 2. The molecule has 0 aromatic carbocycles. The zero-order chi connectivity index (χ0) is 11.8. The molecule has 0 rings (SSSR count). The minimum Gasteiger partial charge on any atom is -0.344 e. The lowest BCUT2D eigenvalue weighted by Crippen LogP contribution is -2.38. The van der Waals surface area contributed by atoms with Crippen LogP contribution in [-0.2, 0) is 4.79 Å². The minimum absolute atomic E-state index is 0.166. The molecule has 3 heteroatoms. The third-order valence-electron chi connectivity index (χ3n) is 2.52. The molecule has 90 valence electrons. The Hall–Kier alpha value is -0.570. The monoisotopic (exact) mass is 214 g/mol. The van der Waals surface area contributed by atoms with Gasteiger partial charge in [0, 0.05) is 32.1 Å². The minimum atomic E-state index is 0.166. The summed E-state index contributed by atoms with van der Waals surface area (Å²) in [7, 11) is 1.89. The molecule has 1 unspecified atom stereocenters. The smallest absolute Gasteiger partial charge is 0.225 e. The van der Waals surface area contributed by atoms with Crippen LogP contribution in [0.15, 0.2) is 0 Å². The molecule has 0 aromatic heterocycles. The quantitative estimate of drug-likeness (QED) is 0.702. The molecular weight excluding hydrogens is 188 g/mol. The highest BCUT2D eigenvalue weighted by Crippen LogP contribution is 2.07. The van der Waals surface area contributed by atoms with Gasteiger partial charge in [-0.25, -0.2) is 0 Å². The van der Waals surface area contributed by atoms with Crippen LogP contribution in [-0.4, -0.2) is 37.0 Å². The lowest BCUT2D eigenvalue weighted by Gasteiger charge is -2.21. The number of amides is 1. The van der Waals surface area contributed by atoms with Gasteiger partial charge in [-0.05, 0) is 6.42 Å². The highest BCUT2D eigenvalue weighted by Gasteiger charge is 2.15. The van der Waals surface area contributed by atoms with Gasteiger partial charge in [-0.1, -0.05) is 34.1 Å². The molecule has 0 bridgehead atoms. The van der Waals surface area contributed by atoms with Crippen molar-refractivity contribution < 1.29 is 4.79 Å². The Morgan fingerprint density at radius 2 is 1.93 bits per heavy atom. The zero-order valence-corrected chi connectivity index (χ0v) is 10.8. The van der Waals surface area contributed by atoms with E-state index in [1.807, 2.05) is 18.9 Å². The molecular formula is C12H26N2O. The van der Waals surface area contributed by atoms with Crippen LogP contribution in [0.3, 0.4) is 0 Å². The van der Waals surface area contributed by atoms with Gasteiger partial charge in [-0.2, -0.15) is 0 Å². The Kier molecular flexibility index (Phi) is 7.39. The Balaban J connectivity index is 3.78. The van der Waals surface area contributed by atoms with Crippen LogP contribution in [0.2, 0.25) is 0 Å². The van der Waals surface area contributed by atoms with Crippen LogP contribution in [0.5, 0.6) is 0 Å². The molecule has 3 nitrogen and oxygen atoms in total. The summed E-state index contributed by atoms with van der Waals surface area (Å²) in [5.74, 6) is 0.432. The zero-order valence-electron chi connectivity index (χ0n) is 10.8. The number of likely N-dealkylation sites (N-methyl/N-ethyl adjacent to an activating group) is 1. The van der Waals surface area contributed by atoms with Gasteiger partial charge >= 0.3 is 0 Å². The second kappa shape index (κ2) is 7.69. The molecule has 0 aliphatic heterocycles. The molecule has 0 aliphatic rings. The maximum absolute atomic E-state index is 11.8. The van der Waals surface area contributed by atoms with Gasteiger partial charge in [0.2, 0.25) is 5.91 Å². The first kappa shape index (κ1) is 14.4. The van der Waals surface area contributed by atoms with E-state index < -0.39 is 0 Å². The molecule has 0 radical (unpaired) electrons. The molecule has 0 aliphatic carbocycles. The summed E-state index contributed by atoms with van der Waals surface area (Å²) in [4.78, 5) is 13.6. The Morgan fingerprint density at radius 1 is 1.33 bits per heavy atom. The Labute approximate surface area is 94.2 Å². The largest absolute Gasteiger partial charge is 0.344 e. The number of carbonyl (C=O) groups is 1. The van der Waals surface area contributed by atoms with Gasteiger partial charge in [0.05, 0.1) is 0 Å². The molecule has 0 aromatic rings. The molecule has 15 heavy (non-hydrogen) atoms. The average Bonchev–Trinajstić information content (AvgIpc) is 2.16. The Bertz CT molecular complexity index is 180. The predicted molar refractivity (Wildman–Crippen MR) is 64.8 cm³/mol.